The van der Waals surface area contributed by atoms with Crippen LogP contribution >= 0.6 is 0 Å². The molecule has 0 saturated heterocycles. The normalized spacial score (nSPS) is 14.0. The second kappa shape index (κ2) is 6.18. The van der Waals surface area contributed by atoms with Crippen molar-refractivity contribution < 1.29 is 13.9 Å². The quantitative estimate of drug-likeness (QED) is 0.824. The molecule has 2 aromatic heterocycles. The summed E-state index contributed by atoms with van der Waals surface area (Å²) in [6.45, 7) is 2.00. The van der Waals surface area contributed by atoms with Crippen LogP contribution in [0.5, 0.6) is 0 Å². The number of aromatic nitrogens is 4. The number of carbonyl (C=O) groups is 1. The molecule has 8 heteroatoms. The van der Waals surface area contributed by atoms with Crippen molar-refractivity contribution in [2.45, 2.75) is 26.1 Å². The van der Waals surface area contributed by atoms with E-state index < -0.39 is 5.82 Å². The van der Waals surface area contributed by atoms with Crippen LogP contribution in [0.2, 0.25) is 0 Å². The highest BCUT2D eigenvalue weighted by Crippen LogP contribution is 2.16. The zero-order valence-electron chi connectivity index (χ0n) is 12.2. The molecule has 1 amide bonds. The van der Waals surface area contributed by atoms with Gasteiger partial charge in [0.2, 0.25) is 5.91 Å². The number of fused-ring (bicyclic) bond motifs is 1. The lowest BCUT2D eigenvalue weighted by Crippen LogP contribution is -2.39. The van der Waals surface area contributed by atoms with Crippen LogP contribution in [0.15, 0.2) is 18.3 Å². The summed E-state index contributed by atoms with van der Waals surface area (Å²) in [5.41, 5.74) is 2.20. The maximum atomic E-state index is 12.8. The van der Waals surface area contributed by atoms with Crippen molar-refractivity contribution in [1.29, 1.82) is 0 Å². The number of pyridine rings is 1. The molecule has 0 radical (unpaired) electrons. The predicted octanol–water partition coefficient (Wildman–Crippen LogP) is 0.543. The fraction of sp³-hybridized carbons (Fsp3) is 0.429. The number of rotatable bonds is 4. The van der Waals surface area contributed by atoms with Gasteiger partial charge in [0.1, 0.15) is 11.5 Å². The topological polar surface area (TPSA) is 73.1 Å². The summed E-state index contributed by atoms with van der Waals surface area (Å²) in [6, 6.07) is 2.83. The first-order valence-corrected chi connectivity index (χ1v) is 6.95. The Morgan fingerprint density at radius 2 is 2.27 bits per heavy atom. The molecule has 0 saturated carbocycles. The molecule has 2 aromatic rings. The van der Waals surface area contributed by atoms with Gasteiger partial charge in [-0.1, -0.05) is 5.21 Å². The van der Waals surface area contributed by atoms with Crippen molar-refractivity contribution >= 4 is 5.91 Å². The third kappa shape index (κ3) is 2.96. The van der Waals surface area contributed by atoms with E-state index in [4.69, 9.17) is 4.74 Å². The molecule has 0 aromatic carbocycles. The van der Waals surface area contributed by atoms with E-state index in [0.717, 1.165) is 17.6 Å². The van der Waals surface area contributed by atoms with Gasteiger partial charge in [-0.05, 0) is 12.1 Å². The van der Waals surface area contributed by atoms with E-state index in [1.165, 1.54) is 12.1 Å². The highest BCUT2D eigenvalue weighted by Gasteiger charge is 2.25. The average molecular weight is 305 g/mol. The Morgan fingerprint density at radius 1 is 1.41 bits per heavy atom. The number of nitrogens with zero attached hydrogens (tertiary/aromatic N) is 5. The van der Waals surface area contributed by atoms with Gasteiger partial charge in [0.15, 0.2) is 0 Å². The molecule has 0 bridgehead atoms. The Labute approximate surface area is 126 Å². The molecule has 0 unspecified atom stereocenters. The Balaban J connectivity index is 1.69. The second-order valence-electron chi connectivity index (χ2n) is 5.10. The molecule has 7 nitrogen and oxygen atoms in total. The zero-order chi connectivity index (χ0) is 15.5. The zero-order valence-corrected chi connectivity index (χ0v) is 12.2. The van der Waals surface area contributed by atoms with Crippen molar-refractivity contribution in [2.24, 2.45) is 0 Å². The maximum absolute atomic E-state index is 12.8. The van der Waals surface area contributed by atoms with Crippen LogP contribution in [-0.4, -0.2) is 44.4 Å². The van der Waals surface area contributed by atoms with Crippen molar-refractivity contribution in [3.8, 4) is 0 Å². The van der Waals surface area contributed by atoms with Gasteiger partial charge >= 0.3 is 0 Å². The second-order valence-corrected chi connectivity index (χ2v) is 5.10. The van der Waals surface area contributed by atoms with Gasteiger partial charge in [-0.2, -0.15) is 0 Å². The van der Waals surface area contributed by atoms with Crippen LogP contribution in [0, 0.1) is 5.82 Å². The van der Waals surface area contributed by atoms with Crippen LogP contribution in [0.25, 0.3) is 0 Å². The average Bonchev–Trinajstić information content (AvgIpc) is 2.92. The van der Waals surface area contributed by atoms with E-state index in [9.17, 15) is 9.18 Å². The van der Waals surface area contributed by atoms with E-state index in [1.807, 2.05) is 0 Å². The number of carbonyl (C=O) groups excluding carboxylic acids is 1. The summed E-state index contributed by atoms with van der Waals surface area (Å²) in [4.78, 5) is 18.0. The third-order valence-electron chi connectivity index (χ3n) is 3.60. The molecule has 1 aliphatic rings. The smallest absolute Gasteiger partial charge is 0.229 e. The monoisotopic (exact) mass is 305 g/mol. The van der Waals surface area contributed by atoms with Crippen LogP contribution in [-0.2, 0) is 35.6 Å². The minimum absolute atomic E-state index is 0.0464. The molecule has 0 spiro atoms. The van der Waals surface area contributed by atoms with E-state index in [-0.39, 0.29) is 12.3 Å². The molecular formula is C14H16FN5O2. The van der Waals surface area contributed by atoms with Gasteiger partial charge in [-0.15, -0.1) is 5.10 Å². The first-order chi connectivity index (χ1) is 10.7. The molecule has 0 atom stereocenters. The molecule has 0 fully saturated rings. The van der Waals surface area contributed by atoms with Crippen molar-refractivity contribution in [3.63, 3.8) is 0 Å². The summed E-state index contributed by atoms with van der Waals surface area (Å²) in [7, 11) is 1.59. The molecule has 3 heterocycles. The molecule has 1 aliphatic heterocycles. The van der Waals surface area contributed by atoms with Crippen molar-refractivity contribution in [1.82, 2.24) is 24.9 Å². The summed E-state index contributed by atoms with van der Waals surface area (Å²) in [5, 5.41) is 8.13. The summed E-state index contributed by atoms with van der Waals surface area (Å²) >= 11 is 0. The van der Waals surface area contributed by atoms with Crippen LogP contribution in [0.4, 0.5) is 4.39 Å². The highest BCUT2D eigenvalue weighted by atomic mass is 19.1. The molecule has 22 heavy (non-hydrogen) atoms. The van der Waals surface area contributed by atoms with Gasteiger partial charge < -0.3 is 9.64 Å². The van der Waals surface area contributed by atoms with Gasteiger partial charge in [0.05, 0.1) is 38.0 Å². The third-order valence-corrected chi connectivity index (χ3v) is 3.60. The van der Waals surface area contributed by atoms with Gasteiger partial charge in [0.25, 0.3) is 0 Å². The van der Waals surface area contributed by atoms with Gasteiger partial charge in [0, 0.05) is 19.3 Å². The highest BCUT2D eigenvalue weighted by molar-refractivity contribution is 5.78. The lowest BCUT2D eigenvalue weighted by atomic mass is 10.2. The van der Waals surface area contributed by atoms with Gasteiger partial charge in [-0.25, -0.2) is 9.07 Å². The molecule has 0 aliphatic carbocycles. The fourth-order valence-corrected chi connectivity index (χ4v) is 2.44. The lowest BCUT2D eigenvalue weighted by Gasteiger charge is -2.27. The molecule has 116 valence electrons. The first-order valence-electron chi connectivity index (χ1n) is 6.95. The largest absolute Gasteiger partial charge is 0.378 e. The first kappa shape index (κ1) is 14.6. The van der Waals surface area contributed by atoms with E-state index >= 15 is 0 Å². The summed E-state index contributed by atoms with van der Waals surface area (Å²) in [6.07, 6.45) is 1.27. The molecule has 0 N–H and O–H groups in total. The Kier molecular flexibility index (Phi) is 4.10. The maximum Gasteiger partial charge on any atom is 0.229 e. The lowest BCUT2D eigenvalue weighted by molar-refractivity contribution is -0.132. The summed E-state index contributed by atoms with van der Waals surface area (Å²) in [5.74, 6) is -0.455. The number of methoxy groups -OCH3 is 1. The number of amides is 1. The number of hydrogen-bond acceptors (Lipinski definition) is 5. The van der Waals surface area contributed by atoms with Gasteiger partial charge in [-0.3, -0.25) is 9.78 Å². The van der Waals surface area contributed by atoms with Crippen molar-refractivity contribution in [2.75, 3.05) is 13.7 Å². The van der Waals surface area contributed by atoms with Crippen LogP contribution in [0.1, 0.15) is 17.1 Å². The Bertz CT molecular complexity index is 670. The number of ether oxygens (including phenoxy) is 1. The minimum Gasteiger partial charge on any atom is -0.378 e. The summed E-state index contributed by atoms with van der Waals surface area (Å²) < 4.78 is 19.7. The van der Waals surface area contributed by atoms with E-state index in [0.29, 0.717) is 31.9 Å². The van der Waals surface area contributed by atoms with Crippen LogP contribution in [0.3, 0.4) is 0 Å². The molecule has 3 rings (SSSR count). The number of halogens is 1. The number of hydrogen-bond donors (Lipinski definition) is 0. The van der Waals surface area contributed by atoms with Crippen molar-refractivity contribution in [3.05, 3.63) is 41.2 Å². The predicted molar refractivity (Wildman–Crippen MR) is 74.1 cm³/mol. The van der Waals surface area contributed by atoms with Crippen LogP contribution < -0.4 is 0 Å². The Morgan fingerprint density at radius 3 is 3.00 bits per heavy atom. The van der Waals surface area contributed by atoms with E-state index in [2.05, 4.69) is 15.3 Å². The molecular weight excluding hydrogens is 289 g/mol. The minimum atomic E-state index is -0.409. The fourth-order valence-electron chi connectivity index (χ4n) is 2.44. The Hall–Kier alpha value is -2.35. The van der Waals surface area contributed by atoms with E-state index in [1.54, 1.807) is 16.7 Å². The standard InChI is InChI=1S/C14H16FN5O2/c1-22-9-12-13-8-19(4-5-20(13)18-17-12)14(21)6-11-3-2-10(15)7-16-11/h2-3,7H,4-6,8-9H2,1H3. The SMILES string of the molecule is COCc1nnn2c1CN(C(=O)Cc1ccc(F)cn1)CC2.